The summed E-state index contributed by atoms with van der Waals surface area (Å²) in [6.07, 6.45) is 13.3. The molecule has 4 heterocycles. The van der Waals surface area contributed by atoms with Crippen LogP contribution in [0.3, 0.4) is 0 Å². The number of hydrogen-bond acceptors (Lipinski definition) is 6. The van der Waals surface area contributed by atoms with Gasteiger partial charge >= 0.3 is 0 Å². The first-order valence-electron chi connectivity index (χ1n) is 11.1. The Balaban J connectivity index is 1.54. The van der Waals surface area contributed by atoms with E-state index in [2.05, 4.69) is 42.2 Å². The summed E-state index contributed by atoms with van der Waals surface area (Å²) in [6.45, 7) is 2.92. The van der Waals surface area contributed by atoms with Crippen LogP contribution in [0.5, 0.6) is 0 Å². The summed E-state index contributed by atoms with van der Waals surface area (Å²) >= 11 is 3.51. The third kappa shape index (κ3) is 3.82. The van der Waals surface area contributed by atoms with Gasteiger partial charge in [0.25, 0.3) is 5.56 Å². The zero-order valence-electron chi connectivity index (χ0n) is 17.7. The van der Waals surface area contributed by atoms with E-state index in [0.717, 1.165) is 73.8 Å². The van der Waals surface area contributed by atoms with Gasteiger partial charge in [-0.05, 0) is 72.7 Å². The maximum Gasteiger partial charge on any atom is 0.267 e. The zero-order chi connectivity index (χ0) is 21.4. The third-order valence-corrected chi connectivity index (χ3v) is 7.54. The lowest BCUT2D eigenvalue weighted by Gasteiger charge is -2.37. The van der Waals surface area contributed by atoms with Crippen molar-refractivity contribution in [3.63, 3.8) is 0 Å². The van der Waals surface area contributed by atoms with E-state index in [1.54, 1.807) is 6.20 Å². The van der Waals surface area contributed by atoms with Gasteiger partial charge in [-0.1, -0.05) is 12.8 Å². The number of hydrogen-bond donors (Lipinski definition) is 1. The highest BCUT2D eigenvalue weighted by atomic mass is 79.9. The number of nitrogens with one attached hydrogen (secondary N) is 1. The van der Waals surface area contributed by atoms with Gasteiger partial charge in [0.15, 0.2) is 0 Å². The van der Waals surface area contributed by atoms with Crippen molar-refractivity contribution < 1.29 is 0 Å². The van der Waals surface area contributed by atoms with Crippen LogP contribution in [-0.4, -0.2) is 32.2 Å². The van der Waals surface area contributed by atoms with Crippen molar-refractivity contribution in [2.45, 2.75) is 64.1 Å². The topological polar surface area (TPSA) is 75.9 Å². The normalized spacial score (nSPS) is 19.8. The van der Waals surface area contributed by atoms with E-state index in [1.165, 1.54) is 0 Å². The molecule has 7 nitrogen and oxygen atoms in total. The first-order chi connectivity index (χ1) is 15.1. The van der Waals surface area contributed by atoms with E-state index in [4.69, 9.17) is 4.98 Å². The standard InChI is InChI=1S/C23H27BrN6O/c1-15-18-14-26-23(27-19-10-4-5-12-29(19)17-9-6-11-25-13-17)28-21(18)30(22(31)20(15)24)16-7-2-3-8-16/h6,9,11,13-14,16,19H,2-5,7-8,10,12H2,1H3,(H,26,27,28). The van der Waals surface area contributed by atoms with Gasteiger partial charge in [-0.15, -0.1) is 0 Å². The van der Waals surface area contributed by atoms with E-state index in [9.17, 15) is 4.79 Å². The first kappa shape index (κ1) is 20.4. The molecule has 3 aromatic rings. The summed E-state index contributed by atoms with van der Waals surface area (Å²) in [5, 5.41) is 4.47. The largest absolute Gasteiger partial charge is 0.350 e. The molecule has 8 heteroatoms. The van der Waals surface area contributed by atoms with Gasteiger partial charge in [-0.2, -0.15) is 4.98 Å². The molecule has 0 amide bonds. The second-order valence-corrected chi connectivity index (χ2v) is 9.34. The van der Waals surface area contributed by atoms with E-state index < -0.39 is 0 Å². The fourth-order valence-electron chi connectivity index (χ4n) is 4.94. The Morgan fingerprint density at radius 2 is 1.94 bits per heavy atom. The smallest absolute Gasteiger partial charge is 0.267 e. The molecular weight excluding hydrogens is 456 g/mol. The average molecular weight is 483 g/mol. The van der Waals surface area contributed by atoms with Crippen LogP contribution < -0.4 is 15.8 Å². The molecule has 0 aromatic carbocycles. The van der Waals surface area contributed by atoms with Crippen LogP contribution in [0.4, 0.5) is 11.6 Å². The quantitative estimate of drug-likeness (QED) is 0.575. The van der Waals surface area contributed by atoms with E-state index in [1.807, 2.05) is 30.0 Å². The van der Waals surface area contributed by atoms with Gasteiger partial charge in [0.1, 0.15) is 11.8 Å². The Bertz CT molecular complexity index is 1140. The molecule has 1 aliphatic carbocycles. The van der Waals surface area contributed by atoms with Crippen molar-refractivity contribution in [1.29, 1.82) is 0 Å². The molecular formula is C23H27BrN6O. The number of aromatic nitrogens is 4. The number of nitrogens with zero attached hydrogens (tertiary/aromatic N) is 5. The fourth-order valence-corrected chi connectivity index (χ4v) is 5.34. The first-order valence-corrected chi connectivity index (χ1v) is 11.9. The summed E-state index contributed by atoms with van der Waals surface area (Å²) < 4.78 is 2.51. The molecule has 2 aliphatic rings. The molecule has 2 fully saturated rings. The second kappa shape index (κ2) is 8.57. The minimum absolute atomic E-state index is 0.0104. The highest BCUT2D eigenvalue weighted by Crippen LogP contribution is 2.33. The van der Waals surface area contributed by atoms with E-state index >= 15 is 0 Å². The molecule has 1 atom stereocenters. The number of aryl methyl sites for hydroxylation is 1. The highest BCUT2D eigenvalue weighted by molar-refractivity contribution is 9.10. The molecule has 1 aliphatic heterocycles. The molecule has 162 valence electrons. The number of pyridine rings is 2. The van der Waals surface area contributed by atoms with Crippen molar-refractivity contribution in [3.05, 3.63) is 51.1 Å². The van der Waals surface area contributed by atoms with Crippen molar-refractivity contribution in [2.75, 3.05) is 16.8 Å². The van der Waals surface area contributed by atoms with E-state index in [-0.39, 0.29) is 17.8 Å². The summed E-state index contributed by atoms with van der Waals surface area (Å²) in [5.74, 6) is 0.571. The summed E-state index contributed by atoms with van der Waals surface area (Å²) in [6, 6.07) is 4.26. The van der Waals surface area contributed by atoms with Gasteiger partial charge < -0.3 is 10.2 Å². The molecule has 1 saturated carbocycles. The lowest BCUT2D eigenvalue weighted by atomic mass is 10.1. The maximum atomic E-state index is 13.1. The molecule has 5 rings (SSSR count). The summed E-state index contributed by atoms with van der Waals surface area (Å²) in [7, 11) is 0. The number of rotatable bonds is 4. The molecule has 1 saturated heterocycles. The minimum Gasteiger partial charge on any atom is -0.350 e. The number of anilines is 2. The Morgan fingerprint density at radius 3 is 2.71 bits per heavy atom. The molecule has 1 N–H and O–H groups in total. The van der Waals surface area contributed by atoms with E-state index in [0.29, 0.717) is 10.4 Å². The molecule has 3 aromatic heterocycles. The predicted octanol–water partition coefficient (Wildman–Crippen LogP) is 4.80. The number of fused-ring (bicyclic) bond motifs is 1. The van der Waals surface area contributed by atoms with Crippen molar-refractivity contribution in [3.8, 4) is 0 Å². The lowest BCUT2D eigenvalue weighted by Crippen LogP contribution is -2.45. The molecule has 0 spiro atoms. The van der Waals surface area contributed by atoms with Crippen LogP contribution in [-0.2, 0) is 0 Å². The molecule has 0 radical (unpaired) electrons. The Hall–Kier alpha value is -2.48. The maximum absolute atomic E-state index is 13.1. The molecule has 0 bridgehead atoms. The lowest BCUT2D eigenvalue weighted by molar-refractivity contribution is 0.490. The monoisotopic (exact) mass is 482 g/mol. The molecule has 31 heavy (non-hydrogen) atoms. The Labute approximate surface area is 190 Å². The Morgan fingerprint density at radius 1 is 1.13 bits per heavy atom. The van der Waals surface area contributed by atoms with Crippen molar-refractivity contribution in [1.82, 2.24) is 19.5 Å². The zero-order valence-corrected chi connectivity index (χ0v) is 19.3. The second-order valence-electron chi connectivity index (χ2n) is 8.54. The predicted molar refractivity (Wildman–Crippen MR) is 127 cm³/mol. The summed E-state index contributed by atoms with van der Waals surface area (Å²) in [5.41, 5.74) is 2.74. The van der Waals surface area contributed by atoms with Crippen LogP contribution in [0.1, 0.15) is 56.6 Å². The summed E-state index contributed by atoms with van der Waals surface area (Å²) in [4.78, 5) is 29.3. The minimum atomic E-state index is 0.0104. The van der Waals surface area contributed by atoms with Crippen molar-refractivity contribution >= 4 is 38.6 Å². The fraction of sp³-hybridized carbons (Fsp3) is 0.478. The van der Waals surface area contributed by atoms with Crippen molar-refractivity contribution in [2.24, 2.45) is 0 Å². The highest BCUT2D eigenvalue weighted by Gasteiger charge is 2.26. The van der Waals surface area contributed by atoms with Crippen LogP contribution >= 0.6 is 15.9 Å². The van der Waals surface area contributed by atoms with Gasteiger partial charge in [0, 0.05) is 30.4 Å². The third-order valence-electron chi connectivity index (χ3n) is 6.60. The van der Waals surface area contributed by atoms with Crippen LogP contribution in [0.15, 0.2) is 40.0 Å². The van der Waals surface area contributed by atoms with Gasteiger partial charge in [-0.25, -0.2) is 4.98 Å². The average Bonchev–Trinajstić information content (AvgIpc) is 3.33. The van der Waals surface area contributed by atoms with Crippen LogP contribution in [0.2, 0.25) is 0 Å². The number of piperidine rings is 1. The van der Waals surface area contributed by atoms with Gasteiger partial charge in [0.2, 0.25) is 5.95 Å². The van der Waals surface area contributed by atoms with Gasteiger partial charge in [-0.3, -0.25) is 14.3 Å². The Kier molecular flexibility index (Phi) is 5.65. The van der Waals surface area contributed by atoms with Crippen LogP contribution in [0, 0.1) is 6.92 Å². The number of halogens is 1. The SMILES string of the molecule is Cc1c(Br)c(=O)n(C2CCCC2)c2nc(NC3CCCCN3c3cccnc3)ncc12. The van der Waals surface area contributed by atoms with Gasteiger partial charge in [0.05, 0.1) is 16.4 Å². The molecule has 1 unspecified atom stereocenters. The van der Waals surface area contributed by atoms with Crippen LogP contribution in [0.25, 0.3) is 11.0 Å².